The summed E-state index contributed by atoms with van der Waals surface area (Å²) in [5, 5.41) is 5.51. The average Bonchev–Trinajstić information content (AvgIpc) is 2.91. The first-order valence-electron chi connectivity index (χ1n) is 13.5. The van der Waals surface area contributed by atoms with Gasteiger partial charge in [0.15, 0.2) is 0 Å². The number of nitrogens with zero attached hydrogens (tertiary/aromatic N) is 2. The summed E-state index contributed by atoms with van der Waals surface area (Å²) >= 11 is 0. The van der Waals surface area contributed by atoms with Crippen molar-refractivity contribution in [1.29, 1.82) is 0 Å². The van der Waals surface area contributed by atoms with E-state index in [-0.39, 0.29) is 6.03 Å². The van der Waals surface area contributed by atoms with Crippen molar-refractivity contribution in [2.75, 3.05) is 25.5 Å². The topological polar surface area (TPSA) is 44.8 Å². The molecule has 0 spiro atoms. The van der Waals surface area contributed by atoms with Gasteiger partial charge < -0.3 is 15.0 Å². The Morgan fingerprint density at radius 1 is 0.889 bits per heavy atom. The van der Waals surface area contributed by atoms with Gasteiger partial charge in [0.25, 0.3) is 0 Å². The number of piperidine rings is 2. The first kappa shape index (κ1) is 24.6. The molecule has 2 saturated heterocycles. The van der Waals surface area contributed by atoms with E-state index in [4.69, 9.17) is 4.74 Å². The van der Waals surface area contributed by atoms with Crippen molar-refractivity contribution in [3.8, 4) is 5.75 Å². The Bertz CT molecular complexity index is 1170. The maximum absolute atomic E-state index is 13.0. The third-order valence-corrected chi connectivity index (χ3v) is 8.27. The molecule has 0 bridgehead atoms. The number of anilines is 1. The van der Waals surface area contributed by atoms with Gasteiger partial charge in [0, 0.05) is 37.4 Å². The lowest BCUT2D eigenvalue weighted by Gasteiger charge is -2.39. The van der Waals surface area contributed by atoms with Crippen molar-refractivity contribution in [2.45, 2.75) is 70.5 Å². The normalized spacial score (nSPS) is 21.5. The van der Waals surface area contributed by atoms with Crippen LogP contribution in [0.1, 0.15) is 63.0 Å². The van der Waals surface area contributed by atoms with E-state index in [9.17, 15) is 4.79 Å². The molecule has 2 aliphatic heterocycles. The number of hydrogen-bond donors (Lipinski definition) is 1. The van der Waals surface area contributed by atoms with Crippen molar-refractivity contribution in [1.82, 2.24) is 9.80 Å². The highest BCUT2D eigenvalue weighted by atomic mass is 16.5. The SMILES string of the molecule is COc1ccc(C2CCN(C(=O)Nc3ccc4cc(CN5[C@H](C)CCC[C@@H]5C)ccc4c3)CC2)cc1. The molecule has 2 fully saturated rings. The van der Waals surface area contributed by atoms with E-state index >= 15 is 0 Å². The Morgan fingerprint density at radius 3 is 2.25 bits per heavy atom. The molecule has 0 unspecified atom stereocenters. The molecule has 2 atom stereocenters. The number of rotatable bonds is 5. The zero-order chi connectivity index (χ0) is 25.1. The van der Waals surface area contributed by atoms with E-state index in [0.29, 0.717) is 18.0 Å². The second-order valence-electron chi connectivity index (χ2n) is 10.7. The summed E-state index contributed by atoms with van der Waals surface area (Å²) in [5.74, 6) is 1.37. The van der Waals surface area contributed by atoms with Crippen molar-refractivity contribution in [2.24, 2.45) is 0 Å². The highest BCUT2D eigenvalue weighted by molar-refractivity contribution is 5.93. The maximum atomic E-state index is 13.0. The Labute approximate surface area is 215 Å². The number of carbonyl (C=O) groups is 1. The molecule has 0 saturated carbocycles. The van der Waals surface area contributed by atoms with Gasteiger partial charge >= 0.3 is 6.03 Å². The van der Waals surface area contributed by atoms with Crippen LogP contribution in [0.4, 0.5) is 10.5 Å². The number of hydrogen-bond acceptors (Lipinski definition) is 3. The Kier molecular flexibility index (Phi) is 7.47. The van der Waals surface area contributed by atoms with Crippen molar-refractivity contribution in [3.63, 3.8) is 0 Å². The van der Waals surface area contributed by atoms with Gasteiger partial charge in [0.05, 0.1) is 7.11 Å². The van der Waals surface area contributed by atoms with Crippen LogP contribution in [0.5, 0.6) is 5.75 Å². The number of ether oxygens (including phenoxy) is 1. The van der Waals surface area contributed by atoms with Crippen LogP contribution in [0.3, 0.4) is 0 Å². The number of methoxy groups -OCH3 is 1. The number of amides is 2. The molecule has 36 heavy (non-hydrogen) atoms. The van der Waals surface area contributed by atoms with Crippen molar-refractivity contribution < 1.29 is 9.53 Å². The fourth-order valence-corrected chi connectivity index (χ4v) is 5.96. The molecule has 5 rings (SSSR count). The maximum Gasteiger partial charge on any atom is 0.321 e. The molecule has 190 valence electrons. The van der Waals surface area contributed by atoms with Crippen LogP contribution in [0.15, 0.2) is 60.7 Å². The summed E-state index contributed by atoms with van der Waals surface area (Å²) in [6.45, 7) is 7.25. The molecule has 2 heterocycles. The first-order valence-corrected chi connectivity index (χ1v) is 13.5. The Morgan fingerprint density at radius 2 is 1.56 bits per heavy atom. The molecule has 3 aromatic carbocycles. The summed E-state index contributed by atoms with van der Waals surface area (Å²) in [7, 11) is 1.69. The molecular weight excluding hydrogens is 446 g/mol. The van der Waals surface area contributed by atoms with E-state index in [1.165, 1.54) is 35.8 Å². The van der Waals surface area contributed by atoms with Gasteiger partial charge in [0.2, 0.25) is 0 Å². The van der Waals surface area contributed by atoms with Crippen molar-refractivity contribution >= 4 is 22.5 Å². The highest BCUT2D eigenvalue weighted by Gasteiger charge is 2.25. The van der Waals surface area contributed by atoms with E-state index in [1.807, 2.05) is 23.1 Å². The van der Waals surface area contributed by atoms with Gasteiger partial charge in [-0.25, -0.2) is 4.79 Å². The minimum Gasteiger partial charge on any atom is -0.497 e. The van der Waals surface area contributed by atoms with E-state index in [2.05, 4.69) is 66.5 Å². The summed E-state index contributed by atoms with van der Waals surface area (Å²) < 4.78 is 5.27. The van der Waals surface area contributed by atoms with Gasteiger partial charge in [-0.15, -0.1) is 0 Å². The van der Waals surface area contributed by atoms with Crippen molar-refractivity contribution in [3.05, 3.63) is 71.8 Å². The zero-order valence-electron chi connectivity index (χ0n) is 21.9. The standard InChI is InChI=1S/C31H39N3O2/c1-22-5-4-6-23(2)34(22)21-24-7-8-28-20-29(12-9-27(28)19-24)32-31(35)33-17-15-26(16-18-33)25-10-13-30(36-3)14-11-25/h7-14,19-20,22-23,26H,4-6,15-18,21H2,1-3H3,(H,32,35)/t22-,23+. The summed E-state index contributed by atoms with van der Waals surface area (Å²) in [6, 6.07) is 22.6. The molecule has 0 radical (unpaired) electrons. The lowest BCUT2D eigenvalue weighted by atomic mass is 9.89. The summed E-state index contributed by atoms with van der Waals surface area (Å²) in [6.07, 6.45) is 5.88. The number of benzene rings is 3. The van der Waals surface area contributed by atoms with E-state index in [0.717, 1.165) is 49.3 Å². The van der Waals surface area contributed by atoms with Gasteiger partial charge in [-0.3, -0.25) is 4.90 Å². The lowest BCUT2D eigenvalue weighted by molar-refractivity contribution is 0.0953. The zero-order valence-corrected chi connectivity index (χ0v) is 21.9. The molecule has 0 aromatic heterocycles. The third-order valence-electron chi connectivity index (χ3n) is 8.27. The number of carbonyl (C=O) groups excluding carboxylic acids is 1. The van der Waals surface area contributed by atoms with Crippen LogP contribution in [-0.2, 0) is 6.54 Å². The molecular formula is C31H39N3O2. The smallest absolute Gasteiger partial charge is 0.321 e. The molecule has 3 aromatic rings. The van der Waals surface area contributed by atoms with Crippen LogP contribution >= 0.6 is 0 Å². The largest absolute Gasteiger partial charge is 0.497 e. The van der Waals surface area contributed by atoms with Gasteiger partial charge in [-0.05, 0) is 97.7 Å². The fourth-order valence-electron chi connectivity index (χ4n) is 5.96. The van der Waals surface area contributed by atoms with Gasteiger partial charge in [-0.2, -0.15) is 0 Å². The average molecular weight is 486 g/mol. The monoisotopic (exact) mass is 485 g/mol. The van der Waals surface area contributed by atoms with Crippen LogP contribution in [-0.4, -0.2) is 48.1 Å². The Balaban J connectivity index is 1.18. The molecule has 2 aliphatic rings. The second kappa shape index (κ2) is 10.9. The van der Waals surface area contributed by atoms with Gasteiger partial charge in [0.1, 0.15) is 5.75 Å². The minimum absolute atomic E-state index is 0.00720. The summed E-state index contributed by atoms with van der Waals surface area (Å²) in [5.41, 5.74) is 3.55. The van der Waals surface area contributed by atoms with Crippen LogP contribution in [0.2, 0.25) is 0 Å². The number of urea groups is 1. The quantitative estimate of drug-likeness (QED) is 0.422. The van der Waals surface area contributed by atoms with Gasteiger partial charge in [-0.1, -0.05) is 36.8 Å². The third kappa shape index (κ3) is 5.52. The van der Waals surface area contributed by atoms with E-state index < -0.39 is 0 Å². The number of fused-ring (bicyclic) bond motifs is 1. The van der Waals surface area contributed by atoms with Crippen LogP contribution in [0, 0.1) is 0 Å². The lowest BCUT2D eigenvalue weighted by Crippen LogP contribution is -2.42. The highest BCUT2D eigenvalue weighted by Crippen LogP contribution is 2.30. The molecule has 1 N–H and O–H groups in total. The predicted octanol–water partition coefficient (Wildman–Crippen LogP) is 7.02. The van der Waals surface area contributed by atoms with Crippen LogP contribution in [0.25, 0.3) is 10.8 Å². The van der Waals surface area contributed by atoms with E-state index in [1.54, 1.807) is 7.11 Å². The fraction of sp³-hybridized carbons (Fsp3) is 0.452. The number of nitrogens with one attached hydrogen (secondary N) is 1. The summed E-state index contributed by atoms with van der Waals surface area (Å²) in [4.78, 5) is 17.5. The predicted molar refractivity (Wildman–Crippen MR) is 148 cm³/mol. The molecule has 2 amide bonds. The minimum atomic E-state index is -0.00720. The molecule has 5 heteroatoms. The second-order valence-corrected chi connectivity index (χ2v) is 10.7. The first-order chi connectivity index (χ1) is 17.5. The molecule has 0 aliphatic carbocycles. The number of likely N-dealkylation sites (tertiary alicyclic amines) is 2. The molecule has 5 nitrogen and oxygen atoms in total. The van der Waals surface area contributed by atoms with Crippen LogP contribution < -0.4 is 10.1 Å². The Hall–Kier alpha value is -3.05.